The predicted octanol–water partition coefficient (Wildman–Crippen LogP) is 1.42. The Balaban J connectivity index is 1.99. The van der Waals surface area contributed by atoms with Gasteiger partial charge >= 0.3 is 0 Å². The van der Waals surface area contributed by atoms with E-state index >= 15 is 0 Å². The SMILES string of the molecule is CCCNCc1cccc(N2CCS(=O)(=O)CC2)c1. The van der Waals surface area contributed by atoms with Gasteiger partial charge in [0.1, 0.15) is 0 Å². The van der Waals surface area contributed by atoms with Crippen LogP contribution in [0.1, 0.15) is 18.9 Å². The Morgan fingerprint density at radius 1 is 1.26 bits per heavy atom. The number of sulfone groups is 1. The largest absolute Gasteiger partial charge is 0.369 e. The van der Waals surface area contributed by atoms with Gasteiger partial charge in [0.25, 0.3) is 0 Å². The number of benzene rings is 1. The highest BCUT2D eigenvalue weighted by molar-refractivity contribution is 7.91. The van der Waals surface area contributed by atoms with Crippen LogP contribution in [0.2, 0.25) is 0 Å². The molecule has 1 aliphatic heterocycles. The summed E-state index contributed by atoms with van der Waals surface area (Å²) in [4.78, 5) is 2.16. The fraction of sp³-hybridized carbons (Fsp3) is 0.571. The van der Waals surface area contributed by atoms with Crippen LogP contribution >= 0.6 is 0 Å². The van der Waals surface area contributed by atoms with Crippen molar-refractivity contribution in [2.45, 2.75) is 19.9 Å². The first-order chi connectivity index (χ1) is 9.11. The molecule has 4 nitrogen and oxygen atoms in total. The summed E-state index contributed by atoms with van der Waals surface area (Å²) in [5.41, 5.74) is 2.38. The molecule has 106 valence electrons. The molecule has 2 rings (SSSR count). The summed E-state index contributed by atoms with van der Waals surface area (Å²) in [6.07, 6.45) is 1.13. The molecule has 0 radical (unpaired) electrons. The van der Waals surface area contributed by atoms with Crippen LogP contribution in [-0.4, -0.2) is 39.6 Å². The van der Waals surface area contributed by atoms with Crippen molar-refractivity contribution >= 4 is 15.5 Å². The summed E-state index contributed by atoms with van der Waals surface area (Å²) in [6, 6.07) is 8.36. The maximum Gasteiger partial charge on any atom is 0.153 e. The number of nitrogens with one attached hydrogen (secondary N) is 1. The molecule has 1 N–H and O–H groups in total. The van der Waals surface area contributed by atoms with Crippen molar-refractivity contribution in [3.05, 3.63) is 29.8 Å². The lowest BCUT2D eigenvalue weighted by molar-refractivity contribution is 0.587. The first kappa shape index (κ1) is 14.3. The van der Waals surface area contributed by atoms with Crippen molar-refractivity contribution in [1.82, 2.24) is 5.32 Å². The molecular formula is C14H22N2O2S. The Hall–Kier alpha value is -1.07. The average molecular weight is 282 g/mol. The molecule has 1 heterocycles. The van der Waals surface area contributed by atoms with Gasteiger partial charge in [-0.15, -0.1) is 0 Å². The van der Waals surface area contributed by atoms with Crippen molar-refractivity contribution in [3.63, 3.8) is 0 Å². The van der Waals surface area contributed by atoms with Crippen LogP contribution in [-0.2, 0) is 16.4 Å². The van der Waals surface area contributed by atoms with E-state index in [0.717, 1.165) is 25.2 Å². The van der Waals surface area contributed by atoms with Crippen LogP contribution in [0.5, 0.6) is 0 Å². The van der Waals surface area contributed by atoms with Gasteiger partial charge in [-0.05, 0) is 30.7 Å². The molecule has 1 aromatic rings. The van der Waals surface area contributed by atoms with Crippen molar-refractivity contribution in [2.24, 2.45) is 0 Å². The van der Waals surface area contributed by atoms with Crippen LogP contribution in [0.4, 0.5) is 5.69 Å². The monoisotopic (exact) mass is 282 g/mol. The molecule has 0 bridgehead atoms. The zero-order chi connectivity index (χ0) is 13.7. The van der Waals surface area contributed by atoms with Crippen LogP contribution in [0, 0.1) is 0 Å². The number of nitrogens with zero attached hydrogens (tertiary/aromatic N) is 1. The molecule has 0 atom stereocenters. The van der Waals surface area contributed by atoms with E-state index < -0.39 is 9.84 Å². The summed E-state index contributed by atoms with van der Waals surface area (Å²) in [5.74, 6) is 0.538. The van der Waals surface area contributed by atoms with Gasteiger partial charge in [0.2, 0.25) is 0 Å². The average Bonchev–Trinajstić information content (AvgIpc) is 2.39. The maximum atomic E-state index is 11.4. The lowest BCUT2D eigenvalue weighted by Gasteiger charge is -2.29. The van der Waals surface area contributed by atoms with Crippen LogP contribution in [0.15, 0.2) is 24.3 Å². The second-order valence-electron chi connectivity index (χ2n) is 4.99. The molecule has 5 heteroatoms. The number of anilines is 1. The molecule has 19 heavy (non-hydrogen) atoms. The molecule has 0 unspecified atom stereocenters. The Morgan fingerprint density at radius 3 is 2.68 bits per heavy atom. The van der Waals surface area contributed by atoms with E-state index in [1.807, 2.05) is 6.07 Å². The minimum absolute atomic E-state index is 0.269. The van der Waals surface area contributed by atoms with Crippen LogP contribution in [0.3, 0.4) is 0 Å². The third-order valence-corrected chi connectivity index (χ3v) is 4.99. The second kappa shape index (κ2) is 6.39. The molecular weight excluding hydrogens is 260 g/mol. The zero-order valence-corrected chi connectivity index (χ0v) is 12.2. The first-order valence-electron chi connectivity index (χ1n) is 6.86. The van der Waals surface area contributed by atoms with Gasteiger partial charge in [0.15, 0.2) is 9.84 Å². The molecule has 0 spiro atoms. The first-order valence-corrected chi connectivity index (χ1v) is 8.68. The molecule has 0 amide bonds. The Kier molecular flexibility index (Phi) is 4.82. The van der Waals surface area contributed by atoms with E-state index in [1.54, 1.807) is 0 Å². The van der Waals surface area contributed by atoms with E-state index in [9.17, 15) is 8.42 Å². The van der Waals surface area contributed by atoms with E-state index in [0.29, 0.717) is 13.1 Å². The molecule has 0 aromatic heterocycles. The number of hydrogen-bond donors (Lipinski definition) is 1. The van der Waals surface area contributed by atoms with Crippen molar-refractivity contribution in [2.75, 3.05) is 36.0 Å². The standard InChI is InChI=1S/C14H22N2O2S/c1-2-6-15-12-13-4-3-5-14(11-13)16-7-9-19(17,18)10-8-16/h3-5,11,15H,2,6-10,12H2,1H3. The van der Waals surface area contributed by atoms with Gasteiger partial charge in [-0.3, -0.25) is 0 Å². The Bertz CT molecular complexity index is 500. The Morgan fingerprint density at radius 2 is 2.00 bits per heavy atom. The fourth-order valence-corrected chi connectivity index (χ4v) is 3.44. The van der Waals surface area contributed by atoms with Crippen LogP contribution in [0.25, 0.3) is 0 Å². The van der Waals surface area contributed by atoms with Crippen molar-refractivity contribution in [3.8, 4) is 0 Å². The highest BCUT2D eigenvalue weighted by atomic mass is 32.2. The fourth-order valence-electron chi connectivity index (χ4n) is 2.24. The highest BCUT2D eigenvalue weighted by Gasteiger charge is 2.21. The summed E-state index contributed by atoms with van der Waals surface area (Å²) in [5, 5.41) is 3.38. The van der Waals surface area contributed by atoms with E-state index in [1.165, 1.54) is 5.56 Å². The molecule has 1 saturated heterocycles. The normalized spacial score (nSPS) is 18.5. The summed E-state index contributed by atoms with van der Waals surface area (Å²) in [7, 11) is -2.81. The van der Waals surface area contributed by atoms with E-state index in [2.05, 4.69) is 35.3 Å². The Labute approximate surface area is 115 Å². The third kappa shape index (κ3) is 4.21. The molecule has 1 aromatic carbocycles. The zero-order valence-electron chi connectivity index (χ0n) is 11.4. The summed E-state index contributed by atoms with van der Waals surface area (Å²) in [6.45, 7) is 5.25. The van der Waals surface area contributed by atoms with Gasteiger partial charge in [0, 0.05) is 25.3 Å². The highest BCUT2D eigenvalue weighted by Crippen LogP contribution is 2.18. The minimum Gasteiger partial charge on any atom is -0.369 e. The van der Waals surface area contributed by atoms with Gasteiger partial charge in [0.05, 0.1) is 11.5 Å². The molecule has 0 saturated carbocycles. The molecule has 0 aliphatic carbocycles. The van der Waals surface area contributed by atoms with Gasteiger partial charge in [-0.25, -0.2) is 8.42 Å². The lowest BCUT2D eigenvalue weighted by atomic mass is 10.2. The minimum atomic E-state index is -2.81. The van der Waals surface area contributed by atoms with Gasteiger partial charge in [-0.2, -0.15) is 0 Å². The second-order valence-corrected chi connectivity index (χ2v) is 7.29. The number of hydrogen-bond acceptors (Lipinski definition) is 4. The maximum absolute atomic E-state index is 11.4. The smallest absolute Gasteiger partial charge is 0.153 e. The molecule has 1 fully saturated rings. The van der Waals surface area contributed by atoms with E-state index in [-0.39, 0.29) is 11.5 Å². The topological polar surface area (TPSA) is 49.4 Å². The quantitative estimate of drug-likeness (QED) is 0.830. The molecule has 1 aliphatic rings. The van der Waals surface area contributed by atoms with Gasteiger partial charge in [-0.1, -0.05) is 19.1 Å². The van der Waals surface area contributed by atoms with Gasteiger partial charge < -0.3 is 10.2 Å². The summed E-state index contributed by atoms with van der Waals surface area (Å²) < 4.78 is 22.9. The van der Waals surface area contributed by atoms with Crippen molar-refractivity contribution < 1.29 is 8.42 Å². The predicted molar refractivity (Wildman–Crippen MR) is 79.3 cm³/mol. The van der Waals surface area contributed by atoms with Crippen LogP contribution < -0.4 is 10.2 Å². The lowest BCUT2D eigenvalue weighted by Crippen LogP contribution is -2.40. The number of rotatable bonds is 5. The third-order valence-electron chi connectivity index (χ3n) is 3.38. The summed E-state index contributed by atoms with van der Waals surface area (Å²) >= 11 is 0. The van der Waals surface area contributed by atoms with Crippen molar-refractivity contribution in [1.29, 1.82) is 0 Å². The van der Waals surface area contributed by atoms with E-state index in [4.69, 9.17) is 0 Å².